The molecular weight excluding hydrogens is 252 g/mol. The molecular formula is C15H18N4O. The van der Waals surface area contributed by atoms with E-state index in [0.29, 0.717) is 18.3 Å². The van der Waals surface area contributed by atoms with E-state index < -0.39 is 0 Å². The highest BCUT2D eigenvalue weighted by Gasteiger charge is 2.07. The molecule has 0 aliphatic carbocycles. The zero-order chi connectivity index (χ0) is 13.9. The molecule has 0 saturated heterocycles. The molecule has 3 rings (SSSR count). The van der Waals surface area contributed by atoms with Crippen molar-refractivity contribution in [2.45, 2.75) is 26.4 Å². The first kappa shape index (κ1) is 12.9. The molecule has 0 atom stereocenters. The first-order valence-electron chi connectivity index (χ1n) is 6.83. The summed E-state index contributed by atoms with van der Waals surface area (Å²) in [6, 6.07) is 8.60. The maximum atomic E-state index is 5.56. The molecule has 2 heterocycles. The van der Waals surface area contributed by atoms with Gasteiger partial charge in [-0.15, -0.1) is 10.2 Å². The Kier molecular flexibility index (Phi) is 3.52. The normalized spacial score (nSPS) is 11.3. The van der Waals surface area contributed by atoms with E-state index in [1.54, 1.807) is 0 Å². The standard InChI is InChI=1S/C15H18N4O/c1-3-14-17-18-15(20-14)10-19-7-6-12-8-11(9-16-2)4-5-13(12)19/h4-8,16H,3,9-10H2,1-2H3. The first-order chi connectivity index (χ1) is 9.80. The van der Waals surface area contributed by atoms with Crippen molar-refractivity contribution in [3.05, 3.63) is 47.8 Å². The lowest BCUT2D eigenvalue weighted by Crippen LogP contribution is -2.04. The molecule has 0 aliphatic heterocycles. The molecule has 0 amide bonds. The van der Waals surface area contributed by atoms with Crippen LogP contribution in [0.4, 0.5) is 0 Å². The van der Waals surface area contributed by atoms with E-state index in [1.807, 2.05) is 14.0 Å². The van der Waals surface area contributed by atoms with Crippen LogP contribution in [0.25, 0.3) is 10.9 Å². The Morgan fingerprint density at radius 3 is 2.80 bits per heavy atom. The van der Waals surface area contributed by atoms with E-state index >= 15 is 0 Å². The quantitative estimate of drug-likeness (QED) is 0.773. The van der Waals surface area contributed by atoms with Crippen molar-refractivity contribution in [3.8, 4) is 0 Å². The van der Waals surface area contributed by atoms with Crippen LogP contribution in [0.15, 0.2) is 34.9 Å². The Bertz CT molecular complexity index is 714. The van der Waals surface area contributed by atoms with Crippen LogP contribution < -0.4 is 5.32 Å². The number of nitrogens with one attached hydrogen (secondary N) is 1. The highest BCUT2D eigenvalue weighted by atomic mass is 16.4. The van der Waals surface area contributed by atoms with Crippen LogP contribution in [-0.4, -0.2) is 21.8 Å². The van der Waals surface area contributed by atoms with Gasteiger partial charge in [0.2, 0.25) is 11.8 Å². The van der Waals surface area contributed by atoms with Crippen LogP contribution in [0.5, 0.6) is 0 Å². The van der Waals surface area contributed by atoms with Gasteiger partial charge >= 0.3 is 0 Å². The molecule has 0 aliphatic rings. The molecule has 20 heavy (non-hydrogen) atoms. The van der Waals surface area contributed by atoms with Crippen molar-refractivity contribution in [2.24, 2.45) is 0 Å². The second-order valence-electron chi connectivity index (χ2n) is 4.81. The molecule has 3 aromatic rings. The van der Waals surface area contributed by atoms with E-state index in [1.165, 1.54) is 16.5 Å². The number of fused-ring (bicyclic) bond motifs is 1. The van der Waals surface area contributed by atoms with E-state index in [4.69, 9.17) is 4.42 Å². The average molecular weight is 270 g/mol. The molecule has 5 nitrogen and oxygen atoms in total. The number of nitrogens with zero attached hydrogens (tertiary/aromatic N) is 3. The molecule has 0 fully saturated rings. The third-order valence-corrected chi connectivity index (χ3v) is 3.33. The van der Waals surface area contributed by atoms with E-state index in [-0.39, 0.29) is 0 Å². The predicted molar refractivity (Wildman–Crippen MR) is 77.5 cm³/mol. The lowest BCUT2D eigenvalue weighted by Gasteiger charge is -2.04. The second-order valence-corrected chi connectivity index (χ2v) is 4.81. The van der Waals surface area contributed by atoms with Crippen molar-refractivity contribution >= 4 is 10.9 Å². The fourth-order valence-electron chi connectivity index (χ4n) is 2.34. The van der Waals surface area contributed by atoms with Gasteiger partial charge in [0.15, 0.2) is 0 Å². The van der Waals surface area contributed by atoms with Gasteiger partial charge in [-0.3, -0.25) is 0 Å². The van der Waals surface area contributed by atoms with Crippen molar-refractivity contribution in [2.75, 3.05) is 7.05 Å². The third kappa shape index (κ3) is 2.44. The maximum absolute atomic E-state index is 5.56. The number of aryl methyl sites for hydroxylation is 1. The van der Waals surface area contributed by atoms with Crippen LogP contribution in [0.2, 0.25) is 0 Å². The molecule has 0 spiro atoms. The number of rotatable bonds is 5. The summed E-state index contributed by atoms with van der Waals surface area (Å²) in [5.41, 5.74) is 2.46. The minimum atomic E-state index is 0.613. The van der Waals surface area contributed by atoms with Gasteiger partial charge in [0.1, 0.15) is 6.54 Å². The Morgan fingerprint density at radius 2 is 2.05 bits per heavy atom. The lowest BCUT2D eigenvalue weighted by atomic mass is 10.1. The van der Waals surface area contributed by atoms with Gasteiger partial charge in [-0.05, 0) is 36.2 Å². The maximum Gasteiger partial charge on any atom is 0.236 e. The molecule has 104 valence electrons. The molecule has 0 unspecified atom stereocenters. The van der Waals surface area contributed by atoms with Gasteiger partial charge in [0, 0.05) is 24.7 Å². The summed E-state index contributed by atoms with van der Waals surface area (Å²) in [5.74, 6) is 1.34. The summed E-state index contributed by atoms with van der Waals surface area (Å²) >= 11 is 0. The summed E-state index contributed by atoms with van der Waals surface area (Å²) in [6.07, 6.45) is 2.83. The van der Waals surface area contributed by atoms with Crippen LogP contribution >= 0.6 is 0 Å². The Balaban J connectivity index is 1.88. The number of hydrogen-bond donors (Lipinski definition) is 1. The highest BCUT2D eigenvalue weighted by Crippen LogP contribution is 2.19. The van der Waals surface area contributed by atoms with Gasteiger partial charge in [-0.1, -0.05) is 13.0 Å². The minimum absolute atomic E-state index is 0.613. The predicted octanol–water partition coefficient (Wildman–Crippen LogP) is 2.35. The summed E-state index contributed by atoms with van der Waals surface area (Å²) in [5, 5.41) is 12.5. The number of hydrogen-bond acceptors (Lipinski definition) is 4. The Labute approximate surface area is 117 Å². The van der Waals surface area contributed by atoms with Crippen molar-refractivity contribution in [3.63, 3.8) is 0 Å². The zero-order valence-electron chi connectivity index (χ0n) is 11.8. The van der Waals surface area contributed by atoms with Crippen LogP contribution in [0.1, 0.15) is 24.3 Å². The summed E-state index contributed by atoms with van der Waals surface area (Å²) in [6.45, 7) is 3.50. The Hall–Kier alpha value is -2.14. The fourth-order valence-corrected chi connectivity index (χ4v) is 2.34. The van der Waals surface area contributed by atoms with E-state index in [2.05, 4.69) is 50.5 Å². The number of aromatic nitrogens is 3. The Morgan fingerprint density at radius 1 is 1.20 bits per heavy atom. The van der Waals surface area contributed by atoms with Gasteiger partial charge in [-0.25, -0.2) is 0 Å². The van der Waals surface area contributed by atoms with Gasteiger partial charge in [0.05, 0.1) is 0 Å². The highest BCUT2D eigenvalue weighted by molar-refractivity contribution is 5.80. The average Bonchev–Trinajstić information content (AvgIpc) is 3.07. The largest absolute Gasteiger partial charge is 0.423 e. The van der Waals surface area contributed by atoms with Gasteiger partial charge in [0.25, 0.3) is 0 Å². The minimum Gasteiger partial charge on any atom is -0.423 e. The molecule has 2 aromatic heterocycles. The summed E-state index contributed by atoms with van der Waals surface area (Å²) in [4.78, 5) is 0. The summed E-state index contributed by atoms with van der Waals surface area (Å²) in [7, 11) is 1.95. The van der Waals surface area contributed by atoms with Crippen molar-refractivity contribution in [1.29, 1.82) is 0 Å². The molecule has 0 bridgehead atoms. The molecule has 0 saturated carbocycles. The molecule has 1 N–H and O–H groups in total. The lowest BCUT2D eigenvalue weighted by molar-refractivity contribution is 0.444. The second kappa shape index (κ2) is 5.46. The van der Waals surface area contributed by atoms with E-state index in [0.717, 1.165) is 13.0 Å². The molecule has 0 radical (unpaired) electrons. The zero-order valence-corrected chi connectivity index (χ0v) is 11.8. The SMILES string of the molecule is CCc1nnc(Cn2ccc3cc(CNC)ccc32)o1. The first-order valence-corrected chi connectivity index (χ1v) is 6.83. The van der Waals surface area contributed by atoms with Gasteiger partial charge < -0.3 is 14.3 Å². The van der Waals surface area contributed by atoms with Crippen molar-refractivity contribution in [1.82, 2.24) is 20.1 Å². The van der Waals surface area contributed by atoms with Crippen LogP contribution in [0.3, 0.4) is 0 Å². The molecule has 5 heteroatoms. The topological polar surface area (TPSA) is 55.9 Å². The van der Waals surface area contributed by atoms with Gasteiger partial charge in [-0.2, -0.15) is 0 Å². The van der Waals surface area contributed by atoms with Crippen LogP contribution in [0, 0.1) is 0 Å². The monoisotopic (exact) mass is 270 g/mol. The molecule has 1 aromatic carbocycles. The van der Waals surface area contributed by atoms with Crippen molar-refractivity contribution < 1.29 is 4.42 Å². The third-order valence-electron chi connectivity index (χ3n) is 3.33. The van der Waals surface area contributed by atoms with E-state index in [9.17, 15) is 0 Å². The smallest absolute Gasteiger partial charge is 0.236 e. The fraction of sp³-hybridized carbons (Fsp3) is 0.333. The van der Waals surface area contributed by atoms with Crippen LogP contribution in [-0.2, 0) is 19.5 Å². The number of benzene rings is 1. The summed E-state index contributed by atoms with van der Waals surface area (Å²) < 4.78 is 7.69.